The van der Waals surface area contributed by atoms with Gasteiger partial charge in [-0.05, 0) is 81.2 Å². The number of carbonyl (C=O) groups excluding carboxylic acids is 2. The standard InChI is InChI=1S/C23H26Cl2N2O5S2/c1-12(18-10-14-3-4-16(18)9-14)26-22(28)13(2)32-23(29)15-5-7-17(8-6-15)27-34(30,31)19-11-20(24)33-21(19)25/h5-8,11-14,16,18,27H,3-4,9-10H2,1-2H3,(H,26,28)/t12-,13-,14-,16-,18-/m1/s1. The molecule has 2 aromatic rings. The van der Waals surface area contributed by atoms with Gasteiger partial charge in [-0.1, -0.05) is 29.6 Å². The van der Waals surface area contributed by atoms with Gasteiger partial charge in [0.15, 0.2) is 6.10 Å². The summed E-state index contributed by atoms with van der Waals surface area (Å²) in [6.07, 6.45) is 4.00. The van der Waals surface area contributed by atoms with Crippen LogP contribution >= 0.6 is 34.5 Å². The van der Waals surface area contributed by atoms with Crippen molar-refractivity contribution in [2.75, 3.05) is 4.72 Å². The van der Waals surface area contributed by atoms with Gasteiger partial charge in [-0.2, -0.15) is 0 Å². The van der Waals surface area contributed by atoms with Gasteiger partial charge in [0.25, 0.3) is 15.9 Å². The second kappa shape index (κ2) is 10.0. The summed E-state index contributed by atoms with van der Waals surface area (Å²) in [5.74, 6) is 0.970. The maximum absolute atomic E-state index is 12.6. The van der Waals surface area contributed by atoms with Crippen molar-refractivity contribution >= 4 is 62.1 Å². The second-order valence-corrected chi connectivity index (χ2v) is 13.0. The van der Waals surface area contributed by atoms with Crippen molar-refractivity contribution in [1.29, 1.82) is 0 Å². The minimum atomic E-state index is -3.93. The predicted molar refractivity (Wildman–Crippen MR) is 133 cm³/mol. The minimum Gasteiger partial charge on any atom is -0.449 e. The topological polar surface area (TPSA) is 102 Å². The molecule has 0 radical (unpaired) electrons. The number of benzene rings is 1. The summed E-state index contributed by atoms with van der Waals surface area (Å²) in [6.45, 7) is 3.56. The van der Waals surface area contributed by atoms with Crippen molar-refractivity contribution in [3.63, 3.8) is 0 Å². The van der Waals surface area contributed by atoms with Gasteiger partial charge < -0.3 is 10.1 Å². The largest absolute Gasteiger partial charge is 0.449 e. The highest BCUT2D eigenvalue weighted by molar-refractivity contribution is 7.93. The SMILES string of the molecule is C[C@@H](OC(=O)c1ccc(NS(=O)(=O)c2cc(Cl)sc2Cl)cc1)C(=O)N[C@H](C)[C@H]1C[C@@H]2CC[C@@H]1C2. The Morgan fingerprint density at radius 3 is 2.38 bits per heavy atom. The van der Waals surface area contributed by atoms with E-state index in [-0.39, 0.29) is 36.8 Å². The first-order chi connectivity index (χ1) is 16.0. The lowest BCUT2D eigenvalue weighted by molar-refractivity contribution is -0.130. The van der Waals surface area contributed by atoms with Crippen LogP contribution in [0.3, 0.4) is 0 Å². The molecule has 11 heteroatoms. The van der Waals surface area contributed by atoms with Gasteiger partial charge in [0, 0.05) is 11.7 Å². The zero-order valence-corrected chi connectivity index (χ0v) is 21.9. The first-order valence-corrected chi connectivity index (χ1v) is 14.2. The maximum Gasteiger partial charge on any atom is 0.338 e. The van der Waals surface area contributed by atoms with Crippen LogP contribution in [0.1, 0.15) is 49.9 Å². The number of fused-ring (bicyclic) bond motifs is 2. The Labute approximate surface area is 213 Å². The van der Waals surface area contributed by atoms with Crippen LogP contribution in [-0.2, 0) is 19.6 Å². The predicted octanol–water partition coefficient (Wildman–Crippen LogP) is 5.34. The first kappa shape index (κ1) is 25.3. The second-order valence-electron chi connectivity index (χ2n) is 9.05. The third-order valence-corrected chi connectivity index (χ3v) is 9.88. The molecule has 2 aliphatic carbocycles. The number of rotatable bonds is 8. The van der Waals surface area contributed by atoms with Crippen LogP contribution < -0.4 is 10.0 Å². The Bertz CT molecular complexity index is 1180. The van der Waals surface area contributed by atoms with Crippen LogP contribution in [-0.4, -0.2) is 32.4 Å². The summed E-state index contributed by atoms with van der Waals surface area (Å²) in [7, 11) is -3.93. The molecule has 1 aromatic carbocycles. The van der Waals surface area contributed by atoms with E-state index in [4.69, 9.17) is 27.9 Å². The number of amides is 1. The molecule has 0 aliphatic heterocycles. The summed E-state index contributed by atoms with van der Waals surface area (Å²) in [5.41, 5.74) is 0.431. The number of halogens is 2. The Morgan fingerprint density at radius 2 is 1.82 bits per heavy atom. The molecule has 2 fully saturated rings. The number of ether oxygens (including phenoxy) is 1. The lowest BCUT2D eigenvalue weighted by Gasteiger charge is -2.29. The van der Waals surface area contributed by atoms with E-state index in [9.17, 15) is 18.0 Å². The molecule has 34 heavy (non-hydrogen) atoms. The lowest BCUT2D eigenvalue weighted by atomic mass is 9.84. The highest BCUT2D eigenvalue weighted by Crippen LogP contribution is 2.49. The van der Waals surface area contributed by atoms with E-state index in [0.717, 1.165) is 23.7 Å². The van der Waals surface area contributed by atoms with E-state index >= 15 is 0 Å². The van der Waals surface area contributed by atoms with Crippen molar-refractivity contribution < 1.29 is 22.7 Å². The molecule has 2 saturated carbocycles. The zero-order valence-electron chi connectivity index (χ0n) is 18.7. The van der Waals surface area contributed by atoms with E-state index in [1.165, 1.54) is 49.6 Å². The maximum atomic E-state index is 12.6. The molecule has 5 atom stereocenters. The first-order valence-electron chi connectivity index (χ1n) is 11.1. The fourth-order valence-corrected chi connectivity index (χ4v) is 8.24. The highest BCUT2D eigenvalue weighted by atomic mass is 35.5. The van der Waals surface area contributed by atoms with Gasteiger partial charge in [-0.25, -0.2) is 13.2 Å². The van der Waals surface area contributed by atoms with Crippen molar-refractivity contribution in [2.24, 2.45) is 17.8 Å². The molecule has 7 nitrogen and oxygen atoms in total. The Hall–Kier alpha value is -1.81. The third kappa shape index (κ3) is 5.53. The Balaban J connectivity index is 1.31. The molecular weight excluding hydrogens is 519 g/mol. The number of hydrogen-bond acceptors (Lipinski definition) is 6. The van der Waals surface area contributed by atoms with E-state index in [1.54, 1.807) is 6.92 Å². The molecule has 1 heterocycles. The van der Waals surface area contributed by atoms with E-state index in [0.29, 0.717) is 11.8 Å². The molecule has 1 aromatic heterocycles. The number of esters is 1. The third-order valence-electron chi connectivity index (χ3n) is 6.75. The molecular formula is C23H26Cl2N2O5S2. The molecule has 184 valence electrons. The smallest absolute Gasteiger partial charge is 0.338 e. The molecule has 1 amide bonds. The summed E-state index contributed by atoms with van der Waals surface area (Å²) < 4.78 is 33.1. The minimum absolute atomic E-state index is 0.0443. The van der Waals surface area contributed by atoms with Crippen molar-refractivity contribution in [3.8, 4) is 0 Å². The molecule has 0 unspecified atom stereocenters. The molecule has 0 saturated heterocycles. The van der Waals surface area contributed by atoms with Gasteiger partial charge in [-0.3, -0.25) is 9.52 Å². The molecule has 4 rings (SSSR count). The lowest BCUT2D eigenvalue weighted by Crippen LogP contribution is -2.45. The monoisotopic (exact) mass is 544 g/mol. The van der Waals surface area contributed by atoms with E-state index in [2.05, 4.69) is 10.0 Å². The summed E-state index contributed by atoms with van der Waals surface area (Å²) in [6, 6.07) is 7.02. The summed E-state index contributed by atoms with van der Waals surface area (Å²) >= 11 is 12.7. The van der Waals surface area contributed by atoms with Crippen molar-refractivity contribution in [2.45, 2.75) is 56.6 Å². The quantitative estimate of drug-likeness (QED) is 0.436. The van der Waals surface area contributed by atoms with Gasteiger partial charge in [0.05, 0.1) is 9.90 Å². The van der Waals surface area contributed by atoms with Gasteiger partial charge in [-0.15, -0.1) is 11.3 Å². The fourth-order valence-electron chi connectivity index (χ4n) is 5.03. The molecule has 2 aliphatic rings. The number of hydrogen-bond donors (Lipinski definition) is 2. The molecule has 0 spiro atoms. The van der Waals surface area contributed by atoms with Crippen LogP contribution in [0.5, 0.6) is 0 Å². The van der Waals surface area contributed by atoms with Crippen LogP contribution in [0.15, 0.2) is 35.2 Å². The van der Waals surface area contributed by atoms with Gasteiger partial charge >= 0.3 is 5.97 Å². The molecule has 2 bridgehead atoms. The average molecular weight is 546 g/mol. The van der Waals surface area contributed by atoms with Crippen molar-refractivity contribution in [3.05, 3.63) is 44.6 Å². The van der Waals surface area contributed by atoms with E-state index < -0.39 is 22.1 Å². The zero-order chi connectivity index (χ0) is 24.6. The Morgan fingerprint density at radius 1 is 1.12 bits per heavy atom. The number of carbonyl (C=O) groups is 2. The van der Waals surface area contributed by atoms with Crippen LogP contribution in [0, 0.1) is 17.8 Å². The fraction of sp³-hybridized carbons (Fsp3) is 0.478. The molecule has 2 N–H and O–H groups in total. The summed E-state index contributed by atoms with van der Waals surface area (Å²) in [5, 5.41) is 3.01. The van der Waals surface area contributed by atoms with Gasteiger partial charge in [0.2, 0.25) is 0 Å². The number of thiophene rings is 1. The van der Waals surface area contributed by atoms with E-state index in [1.807, 2.05) is 6.92 Å². The Kier molecular flexibility index (Phi) is 7.47. The number of sulfonamides is 1. The summed E-state index contributed by atoms with van der Waals surface area (Å²) in [4.78, 5) is 25.0. The normalized spacial score (nSPS) is 23.4. The van der Waals surface area contributed by atoms with Crippen LogP contribution in [0.4, 0.5) is 5.69 Å². The van der Waals surface area contributed by atoms with Crippen LogP contribution in [0.25, 0.3) is 0 Å². The number of nitrogens with one attached hydrogen (secondary N) is 2. The van der Waals surface area contributed by atoms with Crippen LogP contribution in [0.2, 0.25) is 8.67 Å². The average Bonchev–Trinajstić information content (AvgIpc) is 3.49. The highest BCUT2D eigenvalue weighted by Gasteiger charge is 2.42. The van der Waals surface area contributed by atoms with Crippen molar-refractivity contribution in [1.82, 2.24) is 5.32 Å². The number of anilines is 1. The van der Waals surface area contributed by atoms with Gasteiger partial charge in [0.1, 0.15) is 9.23 Å².